The van der Waals surface area contributed by atoms with Crippen LogP contribution >= 0.6 is 0 Å². The van der Waals surface area contributed by atoms with E-state index in [9.17, 15) is 9.59 Å². The Bertz CT molecular complexity index is 1350. The maximum atomic E-state index is 13.6. The number of anilines is 2. The van der Waals surface area contributed by atoms with Crippen molar-refractivity contribution in [3.05, 3.63) is 82.9 Å². The molecule has 2 aliphatic rings. The first-order valence-corrected chi connectivity index (χ1v) is 14.1. The smallest absolute Gasteiger partial charge is 0.255 e. The number of carbonyl (C=O) groups is 2. The first kappa shape index (κ1) is 28.4. The number of benzene rings is 3. The highest BCUT2D eigenvalue weighted by molar-refractivity contribution is 6.06. The van der Waals surface area contributed by atoms with Gasteiger partial charge in [0.05, 0.1) is 33.0 Å². The van der Waals surface area contributed by atoms with Crippen LogP contribution in [0.2, 0.25) is 0 Å². The minimum atomic E-state index is -0.321. The standard InChI is InChI=1S/C32H38N4O5/c1-39-27-18-25(19-28(21-27)40-2)31(37)34-26-8-9-30(36-13-10-23-6-3-4-7-24(23)22-36)29(20-26)32(38)33-11-5-12-35-14-16-41-17-15-35/h3-4,6-9,18-21H,5,10-17,22H2,1-2H3,(H,33,38)(H,34,37). The van der Waals surface area contributed by atoms with Gasteiger partial charge in [0, 0.05) is 55.7 Å². The van der Waals surface area contributed by atoms with Gasteiger partial charge in [-0.05, 0) is 60.8 Å². The molecular weight excluding hydrogens is 520 g/mol. The number of carbonyl (C=O) groups excluding carboxylic acids is 2. The fourth-order valence-corrected chi connectivity index (χ4v) is 5.34. The number of ether oxygens (including phenoxy) is 3. The van der Waals surface area contributed by atoms with Crippen molar-refractivity contribution in [1.29, 1.82) is 0 Å². The Morgan fingerprint density at radius 2 is 1.61 bits per heavy atom. The average molecular weight is 559 g/mol. The zero-order chi connectivity index (χ0) is 28.6. The molecule has 0 spiro atoms. The Labute approximate surface area is 241 Å². The maximum Gasteiger partial charge on any atom is 0.255 e. The normalized spacial score (nSPS) is 15.1. The number of nitrogens with zero attached hydrogens (tertiary/aromatic N) is 2. The molecule has 3 aromatic rings. The number of hydrogen-bond acceptors (Lipinski definition) is 7. The van der Waals surface area contributed by atoms with Crippen LogP contribution in [0.4, 0.5) is 11.4 Å². The van der Waals surface area contributed by atoms with Gasteiger partial charge in [0.15, 0.2) is 0 Å². The lowest BCUT2D eigenvalue weighted by molar-refractivity contribution is 0.0374. The van der Waals surface area contributed by atoms with Crippen LogP contribution in [-0.2, 0) is 17.7 Å². The maximum absolute atomic E-state index is 13.6. The van der Waals surface area contributed by atoms with Gasteiger partial charge in [-0.25, -0.2) is 0 Å². The zero-order valence-electron chi connectivity index (χ0n) is 23.8. The Hall–Kier alpha value is -4.08. The predicted molar refractivity (Wildman–Crippen MR) is 159 cm³/mol. The van der Waals surface area contributed by atoms with Crippen LogP contribution in [0.5, 0.6) is 11.5 Å². The van der Waals surface area contributed by atoms with E-state index in [1.807, 2.05) is 12.1 Å². The van der Waals surface area contributed by atoms with Gasteiger partial charge in [0.25, 0.3) is 11.8 Å². The van der Waals surface area contributed by atoms with Gasteiger partial charge >= 0.3 is 0 Å². The molecule has 0 atom stereocenters. The summed E-state index contributed by atoms with van der Waals surface area (Å²) >= 11 is 0. The van der Waals surface area contributed by atoms with Crippen molar-refractivity contribution in [1.82, 2.24) is 10.2 Å². The summed E-state index contributed by atoms with van der Waals surface area (Å²) in [6.45, 7) is 6.39. The van der Waals surface area contributed by atoms with Crippen molar-refractivity contribution in [3.8, 4) is 11.5 Å². The van der Waals surface area contributed by atoms with Crippen LogP contribution in [0.1, 0.15) is 38.3 Å². The van der Waals surface area contributed by atoms with Crippen LogP contribution in [0.25, 0.3) is 0 Å². The van der Waals surface area contributed by atoms with E-state index < -0.39 is 0 Å². The molecule has 0 saturated carbocycles. The van der Waals surface area contributed by atoms with Gasteiger partial charge in [-0.2, -0.15) is 0 Å². The van der Waals surface area contributed by atoms with Gasteiger partial charge in [-0.15, -0.1) is 0 Å². The molecule has 0 unspecified atom stereocenters. The second-order valence-corrected chi connectivity index (χ2v) is 10.3. The lowest BCUT2D eigenvalue weighted by Crippen LogP contribution is -2.38. The summed E-state index contributed by atoms with van der Waals surface area (Å²) in [6, 6.07) is 19.0. The molecule has 5 rings (SSSR count). The lowest BCUT2D eigenvalue weighted by Gasteiger charge is -2.32. The lowest BCUT2D eigenvalue weighted by atomic mass is 9.98. The summed E-state index contributed by atoms with van der Waals surface area (Å²) in [5.74, 6) is 0.568. The van der Waals surface area contributed by atoms with Crippen LogP contribution in [-0.4, -0.2) is 76.9 Å². The number of hydrogen-bond donors (Lipinski definition) is 2. The van der Waals surface area contributed by atoms with Crippen LogP contribution < -0.4 is 25.0 Å². The number of methoxy groups -OCH3 is 2. The first-order chi connectivity index (χ1) is 20.0. The van der Waals surface area contributed by atoms with Crippen molar-refractivity contribution < 1.29 is 23.8 Å². The van der Waals surface area contributed by atoms with Crippen molar-refractivity contribution in [2.75, 3.05) is 70.4 Å². The summed E-state index contributed by atoms with van der Waals surface area (Å²) in [4.78, 5) is 31.3. The van der Waals surface area contributed by atoms with E-state index in [1.165, 1.54) is 11.1 Å². The Kier molecular flexibility index (Phi) is 9.38. The van der Waals surface area contributed by atoms with Crippen molar-refractivity contribution in [2.45, 2.75) is 19.4 Å². The molecule has 2 N–H and O–H groups in total. The Morgan fingerprint density at radius 1 is 0.878 bits per heavy atom. The SMILES string of the molecule is COc1cc(OC)cc(C(=O)Nc2ccc(N3CCc4ccccc4C3)c(C(=O)NCCCN3CCOCC3)c2)c1. The van der Waals surface area contributed by atoms with Gasteiger partial charge in [0.1, 0.15) is 11.5 Å². The van der Waals surface area contributed by atoms with Crippen molar-refractivity contribution >= 4 is 23.2 Å². The number of rotatable bonds is 10. The fraction of sp³-hybridized carbons (Fsp3) is 0.375. The Morgan fingerprint density at radius 3 is 2.34 bits per heavy atom. The topological polar surface area (TPSA) is 92.4 Å². The molecule has 0 bridgehead atoms. The summed E-state index contributed by atoms with van der Waals surface area (Å²) < 4.78 is 16.1. The van der Waals surface area contributed by atoms with Gasteiger partial charge in [-0.1, -0.05) is 24.3 Å². The molecule has 0 aliphatic carbocycles. The van der Waals surface area contributed by atoms with E-state index >= 15 is 0 Å². The van der Waals surface area contributed by atoms with E-state index in [-0.39, 0.29) is 11.8 Å². The van der Waals surface area contributed by atoms with Crippen molar-refractivity contribution in [3.63, 3.8) is 0 Å². The molecule has 1 saturated heterocycles. The van der Waals surface area contributed by atoms with E-state index in [0.717, 1.165) is 64.5 Å². The number of morpholine rings is 1. The summed E-state index contributed by atoms with van der Waals surface area (Å²) in [7, 11) is 3.08. The minimum absolute atomic E-state index is 0.153. The third-order valence-corrected chi connectivity index (χ3v) is 7.62. The first-order valence-electron chi connectivity index (χ1n) is 14.1. The highest BCUT2D eigenvalue weighted by Gasteiger charge is 2.22. The summed E-state index contributed by atoms with van der Waals surface area (Å²) in [6.07, 6.45) is 1.76. The molecule has 41 heavy (non-hydrogen) atoms. The molecule has 9 heteroatoms. The van der Waals surface area contributed by atoms with Gasteiger partial charge < -0.3 is 29.7 Å². The second kappa shape index (κ2) is 13.5. The molecule has 2 heterocycles. The van der Waals surface area contributed by atoms with Crippen LogP contribution in [0.15, 0.2) is 60.7 Å². The predicted octanol–water partition coefficient (Wildman–Crippen LogP) is 3.97. The number of fused-ring (bicyclic) bond motifs is 1. The molecule has 9 nitrogen and oxygen atoms in total. The monoisotopic (exact) mass is 558 g/mol. The molecule has 216 valence electrons. The molecule has 0 aromatic heterocycles. The largest absolute Gasteiger partial charge is 0.497 e. The average Bonchev–Trinajstić information content (AvgIpc) is 3.02. The number of nitrogens with one attached hydrogen (secondary N) is 2. The molecule has 2 amide bonds. The van der Waals surface area contributed by atoms with E-state index in [0.29, 0.717) is 34.9 Å². The summed E-state index contributed by atoms with van der Waals surface area (Å²) in [5, 5.41) is 6.06. The number of amides is 2. The van der Waals surface area contributed by atoms with Gasteiger partial charge in [-0.3, -0.25) is 14.5 Å². The molecule has 2 aliphatic heterocycles. The molecule has 3 aromatic carbocycles. The quantitative estimate of drug-likeness (QED) is 0.364. The Balaban J connectivity index is 1.34. The van der Waals surface area contributed by atoms with Crippen LogP contribution in [0.3, 0.4) is 0 Å². The van der Waals surface area contributed by atoms with Crippen molar-refractivity contribution in [2.24, 2.45) is 0 Å². The highest BCUT2D eigenvalue weighted by Crippen LogP contribution is 2.30. The molecular formula is C32H38N4O5. The van der Waals surface area contributed by atoms with E-state index in [1.54, 1.807) is 38.5 Å². The van der Waals surface area contributed by atoms with Gasteiger partial charge in [0.2, 0.25) is 0 Å². The molecule has 1 fully saturated rings. The minimum Gasteiger partial charge on any atom is -0.497 e. The second-order valence-electron chi connectivity index (χ2n) is 10.3. The van der Waals surface area contributed by atoms with E-state index in [4.69, 9.17) is 14.2 Å². The third-order valence-electron chi connectivity index (χ3n) is 7.62. The zero-order valence-corrected chi connectivity index (χ0v) is 23.8. The molecule has 0 radical (unpaired) electrons. The van der Waals surface area contributed by atoms with Crippen LogP contribution in [0, 0.1) is 0 Å². The van der Waals surface area contributed by atoms with E-state index in [2.05, 4.69) is 44.7 Å². The third kappa shape index (κ3) is 7.17. The highest BCUT2D eigenvalue weighted by atomic mass is 16.5. The summed E-state index contributed by atoms with van der Waals surface area (Å²) in [5.41, 5.74) is 4.93. The fourth-order valence-electron chi connectivity index (χ4n) is 5.34.